The second-order valence-corrected chi connectivity index (χ2v) is 6.32. The largest absolute Gasteiger partial charge is 0.465 e. The molecule has 0 aliphatic carbocycles. The maximum atomic E-state index is 13.2. The van der Waals surface area contributed by atoms with Crippen LogP contribution in [0.5, 0.6) is 0 Å². The summed E-state index contributed by atoms with van der Waals surface area (Å²) in [6.07, 6.45) is 1.35. The van der Waals surface area contributed by atoms with E-state index in [1.165, 1.54) is 19.4 Å². The molecule has 0 unspecified atom stereocenters. The third kappa shape index (κ3) is 2.77. The molecule has 1 aromatic heterocycles. The second-order valence-electron chi connectivity index (χ2n) is 5.93. The van der Waals surface area contributed by atoms with Crippen LogP contribution in [0.15, 0.2) is 53.1 Å². The molecular formula is C18H18N2O5S. The number of nitrogens with one attached hydrogen (secondary N) is 1. The molecule has 2 aromatic rings. The first kappa shape index (κ1) is 18.1. The number of aliphatic hydroxyl groups is 1. The van der Waals surface area contributed by atoms with E-state index in [-0.39, 0.29) is 10.9 Å². The molecule has 1 saturated heterocycles. The van der Waals surface area contributed by atoms with Gasteiger partial charge in [0, 0.05) is 7.05 Å². The van der Waals surface area contributed by atoms with Crippen molar-refractivity contribution < 1.29 is 23.8 Å². The van der Waals surface area contributed by atoms with E-state index in [1.54, 1.807) is 30.3 Å². The van der Waals surface area contributed by atoms with E-state index in [0.717, 1.165) is 12.0 Å². The van der Waals surface area contributed by atoms with E-state index in [9.17, 15) is 14.7 Å². The third-order valence-electron chi connectivity index (χ3n) is 4.55. The summed E-state index contributed by atoms with van der Waals surface area (Å²) in [6, 6.07) is 11.3. The number of ketones is 1. The van der Waals surface area contributed by atoms with Crippen molar-refractivity contribution >= 4 is 29.1 Å². The Kier molecular flexibility index (Phi) is 4.80. The van der Waals surface area contributed by atoms with Gasteiger partial charge in [-0.05, 0) is 29.9 Å². The van der Waals surface area contributed by atoms with Gasteiger partial charge in [-0.15, -0.1) is 0 Å². The number of rotatable bonds is 4. The van der Waals surface area contributed by atoms with Crippen LogP contribution in [0.1, 0.15) is 22.2 Å². The summed E-state index contributed by atoms with van der Waals surface area (Å²) in [5.74, 6) is -2.74. The molecular weight excluding hydrogens is 356 g/mol. The van der Waals surface area contributed by atoms with Crippen LogP contribution >= 0.6 is 12.2 Å². The van der Waals surface area contributed by atoms with Gasteiger partial charge in [-0.25, -0.2) is 4.79 Å². The number of thiocarbonyl (C=S) groups is 1. The number of Topliss-reactive ketones (excluding diaryl/α,β-unsaturated/α-hetero) is 1. The Morgan fingerprint density at radius 2 is 1.96 bits per heavy atom. The molecule has 1 aromatic carbocycles. The molecule has 1 fully saturated rings. The number of likely N-dealkylation sites (N-methyl/N-ethyl adjacent to an activating group) is 1. The molecule has 136 valence electrons. The first-order chi connectivity index (χ1) is 12.4. The van der Waals surface area contributed by atoms with Crippen molar-refractivity contribution in [2.45, 2.75) is 11.8 Å². The predicted octanol–water partition coefficient (Wildman–Crippen LogP) is 1.50. The molecule has 3 rings (SSSR count). The van der Waals surface area contributed by atoms with Crippen molar-refractivity contribution in [1.82, 2.24) is 10.2 Å². The molecule has 0 bridgehead atoms. The van der Waals surface area contributed by atoms with Crippen LogP contribution in [0, 0.1) is 5.92 Å². The Labute approximate surface area is 155 Å². The molecule has 7 nitrogen and oxygen atoms in total. The predicted molar refractivity (Wildman–Crippen MR) is 96.2 cm³/mol. The Bertz CT molecular complexity index is 823. The van der Waals surface area contributed by atoms with Crippen molar-refractivity contribution in [2.75, 3.05) is 14.2 Å². The molecule has 0 radical (unpaired) electrons. The molecule has 26 heavy (non-hydrogen) atoms. The average Bonchev–Trinajstić information content (AvgIpc) is 3.20. The van der Waals surface area contributed by atoms with Crippen LogP contribution in [-0.2, 0) is 9.53 Å². The molecule has 1 aliphatic rings. The number of nitrogens with zero attached hydrogens (tertiary/aromatic N) is 1. The lowest BCUT2D eigenvalue weighted by atomic mass is 9.78. The molecule has 2 heterocycles. The van der Waals surface area contributed by atoms with Gasteiger partial charge in [0.05, 0.1) is 19.4 Å². The van der Waals surface area contributed by atoms with E-state index >= 15 is 0 Å². The molecule has 0 amide bonds. The topological polar surface area (TPSA) is 92.0 Å². The number of furan rings is 1. The minimum atomic E-state index is -2.29. The summed E-state index contributed by atoms with van der Waals surface area (Å²) in [6.45, 7) is 0. The summed E-state index contributed by atoms with van der Waals surface area (Å²) in [4.78, 5) is 26.8. The van der Waals surface area contributed by atoms with Gasteiger partial charge in [0.1, 0.15) is 5.92 Å². The zero-order valence-corrected chi connectivity index (χ0v) is 15.0. The summed E-state index contributed by atoms with van der Waals surface area (Å²) in [7, 11) is 2.57. The molecule has 2 N–H and O–H groups in total. The second kappa shape index (κ2) is 6.89. The van der Waals surface area contributed by atoms with Crippen molar-refractivity contribution in [3.05, 3.63) is 60.1 Å². The number of carbonyl (C=O) groups excluding carboxylic acids is 2. The van der Waals surface area contributed by atoms with Gasteiger partial charge >= 0.3 is 5.97 Å². The lowest BCUT2D eigenvalue weighted by molar-refractivity contribution is -0.188. The highest BCUT2D eigenvalue weighted by Gasteiger charge is 2.60. The van der Waals surface area contributed by atoms with Crippen LogP contribution < -0.4 is 5.32 Å². The number of ether oxygens (including phenoxy) is 1. The zero-order chi connectivity index (χ0) is 18.9. The number of benzene rings is 1. The first-order valence-electron chi connectivity index (χ1n) is 7.89. The van der Waals surface area contributed by atoms with Gasteiger partial charge in [0.25, 0.3) is 5.72 Å². The van der Waals surface area contributed by atoms with E-state index < -0.39 is 29.4 Å². The average molecular weight is 374 g/mol. The van der Waals surface area contributed by atoms with Gasteiger partial charge in [-0.2, -0.15) is 0 Å². The smallest absolute Gasteiger partial charge is 0.360 e. The number of esters is 1. The van der Waals surface area contributed by atoms with Crippen molar-refractivity contribution in [3.63, 3.8) is 0 Å². The Morgan fingerprint density at radius 3 is 2.54 bits per heavy atom. The quantitative estimate of drug-likeness (QED) is 0.473. The molecule has 8 heteroatoms. The number of hydrogen-bond donors (Lipinski definition) is 2. The van der Waals surface area contributed by atoms with Gasteiger partial charge < -0.3 is 24.5 Å². The molecule has 1 aliphatic heterocycles. The number of carbonyl (C=O) groups is 2. The highest BCUT2D eigenvalue weighted by molar-refractivity contribution is 7.80. The van der Waals surface area contributed by atoms with E-state index in [4.69, 9.17) is 21.4 Å². The summed E-state index contributed by atoms with van der Waals surface area (Å²) in [5, 5.41) is 14.5. The van der Waals surface area contributed by atoms with Gasteiger partial charge in [0.2, 0.25) is 5.78 Å². The van der Waals surface area contributed by atoms with Crippen LogP contribution in [0.25, 0.3) is 0 Å². The maximum absolute atomic E-state index is 13.2. The van der Waals surface area contributed by atoms with Crippen LogP contribution in [0.4, 0.5) is 0 Å². The van der Waals surface area contributed by atoms with Gasteiger partial charge in [0.15, 0.2) is 10.9 Å². The number of methoxy groups -OCH3 is 1. The van der Waals surface area contributed by atoms with E-state index in [1.807, 2.05) is 6.07 Å². The van der Waals surface area contributed by atoms with Crippen molar-refractivity contribution in [2.24, 2.45) is 5.92 Å². The van der Waals surface area contributed by atoms with Crippen LogP contribution in [0.2, 0.25) is 0 Å². The first-order valence-corrected chi connectivity index (χ1v) is 8.29. The maximum Gasteiger partial charge on any atom is 0.360 e. The summed E-state index contributed by atoms with van der Waals surface area (Å²) >= 11 is 5.27. The normalized spacial score (nSPS) is 25.5. The van der Waals surface area contributed by atoms with Crippen molar-refractivity contribution in [1.29, 1.82) is 0 Å². The highest BCUT2D eigenvalue weighted by atomic mass is 32.1. The lowest BCUT2D eigenvalue weighted by Crippen LogP contribution is -2.70. The minimum Gasteiger partial charge on any atom is -0.465 e. The van der Waals surface area contributed by atoms with Gasteiger partial charge in [-0.3, -0.25) is 4.79 Å². The Morgan fingerprint density at radius 1 is 1.27 bits per heavy atom. The monoisotopic (exact) mass is 374 g/mol. The molecule has 0 saturated carbocycles. The minimum absolute atomic E-state index is 0.0290. The zero-order valence-electron chi connectivity index (χ0n) is 14.2. The third-order valence-corrected chi connectivity index (χ3v) is 4.94. The number of hydrogen-bond acceptors (Lipinski definition) is 6. The van der Waals surface area contributed by atoms with Gasteiger partial charge in [-0.1, -0.05) is 30.3 Å². The van der Waals surface area contributed by atoms with E-state index in [2.05, 4.69) is 5.32 Å². The fraction of sp³-hybridized carbons (Fsp3) is 0.278. The Hall–Kier alpha value is -2.71. The summed E-state index contributed by atoms with van der Waals surface area (Å²) in [5.41, 5.74) is -1.60. The SMILES string of the molecule is COC(=O)[C@]1(O)[C@H](C(=O)c2ccco2)[C@H](c2ccccc2)NC(=S)N1C. The molecule has 0 spiro atoms. The lowest BCUT2D eigenvalue weighted by Gasteiger charge is -2.48. The van der Waals surface area contributed by atoms with E-state index in [0.29, 0.717) is 5.56 Å². The fourth-order valence-corrected chi connectivity index (χ4v) is 3.43. The van der Waals surface area contributed by atoms with Crippen LogP contribution in [-0.4, -0.2) is 46.8 Å². The fourth-order valence-electron chi connectivity index (χ4n) is 3.17. The standard InChI is InChI=1S/C18H18N2O5S/c1-20-17(26)19-14(11-7-4-3-5-8-11)13(18(20,23)16(22)24-2)15(21)12-9-6-10-25-12/h3-10,13-14,23H,1-2H3,(H,19,26)/t13-,14-,18+/m0/s1. The highest BCUT2D eigenvalue weighted by Crippen LogP contribution is 2.40. The molecule has 3 atom stereocenters. The van der Waals surface area contributed by atoms with Crippen LogP contribution in [0.3, 0.4) is 0 Å². The van der Waals surface area contributed by atoms with Crippen molar-refractivity contribution in [3.8, 4) is 0 Å². The Balaban J connectivity index is 2.18. The summed E-state index contributed by atoms with van der Waals surface area (Å²) < 4.78 is 10.0.